The van der Waals surface area contributed by atoms with Crippen molar-refractivity contribution in [3.05, 3.63) is 29.8 Å². The minimum absolute atomic E-state index is 0.0134. The second-order valence-corrected chi connectivity index (χ2v) is 3.06. The van der Waals surface area contributed by atoms with Crippen LogP contribution >= 0.6 is 0 Å². The predicted molar refractivity (Wildman–Crippen MR) is 53.2 cm³/mol. The first-order valence-corrected chi connectivity index (χ1v) is 4.17. The molecular formula is C10H14N2O. The zero-order valence-corrected chi connectivity index (χ0v) is 8.16. The van der Waals surface area contributed by atoms with Gasteiger partial charge in [0.05, 0.1) is 5.69 Å². The molecule has 0 aromatic heterocycles. The van der Waals surface area contributed by atoms with E-state index >= 15 is 0 Å². The molecule has 1 aromatic rings. The molecule has 0 fully saturated rings. The van der Waals surface area contributed by atoms with Crippen molar-refractivity contribution in [2.45, 2.75) is 13.8 Å². The number of aryl methyl sites for hydroxylation is 1. The minimum atomic E-state index is -0.0134. The highest BCUT2D eigenvalue weighted by atomic mass is 16.2. The van der Waals surface area contributed by atoms with Gasteiger partial charge in [-0.15, -0.1) is 0 Å². The van der Waals surface area contributed by atoms with Crippen molar-refractivity contribution in [1.29, 1.82) is 0 Å². The van der Waals surface area contributed by atoms with Crippen LogP contribution in [-0.4, -0.2) is 18.0 Å². The maximum Gasteiger partial charge on any atom is 0.237 e. The molecule has 1 amide bonds. The number of carbonyl (C=O) groups is 1. The van der Waals surface area contributed by atoms with Gasteiger partial charge in [0.2, 0.25) is 5.91 Å². The molecule has 3 nitrogen and oxygen atoms in total. The van der Waals surface area contributed by atoms with Crippen molar-refractivity contribution in [1.82, 2.24) is 5.01 Å². The molecule has 13 heavy (non-hydrogen) atoms. The van der Waals surface area contributed by atoms with Gasteiger partial charge in [0.1, 0.15) is 0 Å². The molecule has 0 aliphatic carbocycles. The van der Waals surface area contributed by atoms with Gasteiger partial charge >= 0.3 is 0 Å². The lowest BCUT2D eigenvalue weighted by Crippen LogP contribution is -2.29. The van der Waals surface area contributed by atoms with Crippen LogP contribution < -0.4 is 5.43 Å². The highest BCUT2D eigenvalue weighted by Crippen LogP contribution is 2.08. The number of anilines is 1. The lowest BCUT2D eigenvalue weighted by atomic mass is 10.2. The van der Waals surface area contributed by atoms with Gasteiger partial charge in [0, 0.05) is 14.0 Å². The van der Waals surface area contributed by atoms with Gasteiger partial charge in [0.25, 0.3) is 0 Å². The van der Waals surface area contributed by atoms with Crippen molar-refractivity contribution >= 4 is 11.6 Å². The largest absolute Gasteiger partial charge is 0.296 e. The summed E-state index contributed by atoms with van der Waals surface area (Å²) in [6, 6.07) is 7.87. The summed E-state index contributed by atoms with van der Waals surface area (Å²) in [6.45, 7) is 3.54. The maximum atomic E-state index is 10.9. The van der Waals surface area contributed by atoms with E-state index in [4.69, 9.17) is 0 Å². The van der Waals surface area contributed by atoms with E-state index in [0.717, 1.165) is 5.69 Å². The summed E-state index contributed by atoms with van der Waals surface area (Å²) in [5, 5.41) is 1.45. The van der Waals surface area contributed by atoms with Crippen LogP contribution in [0, 0.1) is 6.92 Å². The molecule has 0 unspecified atom stereocenters. The second kappa shape index (κ2) is 3.94. The third kappa shape index (κ3) is 2.78. The number of hydrogen-bond acceptors (Lipinski definition) is 2. The van der Waals surface area contributed by atoms with Crippen LogP contribution in [0.3, 0.4) is 0 Å². The summed E-state index contributed by atoms with van der Waals surface area (Å²) in [6.07, 6.45) is 0. The van der Waals surface area contributed by atoms with Crippen LogP contribution in [0.2, 0.25) is 0 Å². The Balaban J connectivity index is 2.64. The van der Waals surface area contributed by atoms with Crippen LogP contribution in [0.1, 0.15) is 12.5 Å². The van der Waals surface area contributed by atoms with Gasteiger partial charge in [-0.05, 0) is 19.1 Å². The summed E-state index contributed by atoms with van der Waals surface area (Å²) in [5.41, 5.74) is 5.08. The smallest absolute Gasteiger partial charge is 0.237 e. The van der Waals surface area contributed by atoms with Crippen molar-refractivity contribution in [3.63, 3.8) is 0 Å². The maximum absolute atomic E-state index is 10.9. The number of nitrogens with zero attached hydrogens (tertiary/aromatic N) is 1. The quantitative estimate of drug-likeness (QED) is 0.700. The lowest BCUT2D eigenvalue weighted by molar-refractivity contribution is -0.126. The van der Waals surface area contributed by atoms with Crippen LogP contribution in [0.15, 0.2) is 24.3 Å². The Labute approximate surface area is 78.3 Å². The van der Waals surface area contributed by atoms with E-state index in [0.29, 0.717) is 0 Å². The van der Waals surface area contributed by atoms with Gasteiger partial charge in [0.15, 0.2) is 0 Å². The molecule has 0 saturated carbocycles. The van der Waals surface area contributed by atoms with E-state index in [-0.39, 0.29) is 5.91 Å². The number of nitrogens with one attached hydrogen (secondary N) is 1. The first-order valence-electron chi connectivity index (χ1n) is 4.17. The topological polar surface area (TPSA) is 32.3 Å². The predicted octanol–water partition coefficient (Wildman–Crippen LogP) is 1.80. The summed E-state index contributed by atoms with van der Waals surface area (Å²) in [7, 11) is 1.70. The molecule has 1 rings (SSSR count). The monoisotopic (exact) mass is 178 g/mol. The van der Waals surface area contributed by atoms with Gasteiger partial charge < -0.3 is 0 Å². The Kier molecular flexibility index (Phi) is 2.90. The fourth-order valence-corrected chi connectivity index (χ4v) is 0.900. The first-order chi connectivity index (χ1) is 6.09. The SMILES string of the molecule is CC(=O)N(C)Nc1ccc(C)cc1. The Bertz CT molecular complexity index is 292. The van der Waals surface area contributed by atoms with Crippen molar-refractivity contribution in [2.75, 3.05) is 12.5 Å². The van der Waals surface area contributed by atoms with Crippen LogP contribution in [0.25, 0.3) is 0 Å². The van der Waals surface area contributed by atoms with Crippen LogP contribution in [-0.2, 0) is 4.79 Å². The van der Waals surface area contributed by atoms with E-state index in [1.54, 1.807) is 7.05 Å². The third-order valence-electron chi connectivity index (χ3n) is 1.82. The molecule has 0 spiro atoms. The molecule has 0 heterocycles. The lowest BCUT2D eigenvalue weighted by Gasteiger charge is -2.17. The van der Waals surface area contributed by atoms with Gasteiger partial charge in [-0.25, -0.2) is 0 Å². The fourth-order valence-electron chi connectivity index (χ4n) is 0.900. The standard InChI is InChI=1S/C10H14N2O/c1-8-4-6-10(7-5-8)11-12(3)9(2)13/h4-7,11H,1-3H3. The second-order valence-electron chi connectivity index (χ2n) is 3.06. The highest BCUT2D eigenvalue weighted by Gasteiger charge is 2.00. The molecule has 0 atom stereocenters. The van der Waals surface area contributed by atoms with Crippen molar-refractivity contribution in [3.8, 4) is 0 Å². The van der Waals surface area contributed by atoms with Gasteiger partial charge in [-0.3, -0.25) is 15.2 Å². The molecule has 0 bridgehead atoms. The number of benzene rings is 1. The van der Waals surface area contributed by atoms with Crippen molar-refractivity contribution < 1.29 is 4.79 Å². The highest BCUT2D eigenvalue weighted by molar-refractivity contribution is 5.74. The molecule has 0 radical (unpaired) electrons. The Morgan fingerprint density at radius 2 is 1.85 bits per heavy atom. The number of carbonyl (C=O) groups excluding carboxylic acids is 1. The minimum Gasteiger partial charge on any atom is -0.296 e. The summed E-state index contributed by atoms with van der Waals surface area (Å²) >= 11 is 0. The average molecular weight is 178 g/mol. The number of amides is 1. The number of hydrogen-bond donors (Lipinski definition) is 1. The molecule has 1 N–H and O–H groups in total. The van der Waals surface area contributed by atoms with Crippen LogP contribution in [0.5, 0.6) is 0 Å². The fraction of sp³-hybridized carbons (Fsp3) is 0.300. The molecule has 0 aliphatic rings. The number of hydrazine groups is 1. The molecule has 70 valence electrons. The van der Waals surface area contributed by atoms with E-state index < -0.39 is 0 Å². The summed E-state index contributed by atoms with van der Waals surface area (Å²) in [5.74, 6) is -0.0134. The van der Waals surface area contributed by atoms with E-state index in [1.807, 2.05) is 31.2 Å². The summed E-state index contributed by atoms with van der Waals surface area (Å²) in [4.78, 5) is 10.9. The van der Waals surface area contributed by atoms with E-state index in [9.17, 15) is 4.79 Å². The first kappa shape index (κ1) is 9.58. The van der Waals surface area contributed by atoms with Gasteiger partial charge in [-0.2, -0.15) is 0 Å². The summed E-state index contributed by atoms with van der Waals surface area (Å²) < 4.78 is 0. The Hall–Kier alpha value is -1.51. The van der Waals surface area contributed by atoms with Crippen molar-refractivity contribution in [2.24, 2.45) is 0 Å². The molecule has 3 heteroatoms. The third-order valence-corrected chi connectivity index (χ3v) is 1.82. The molecule has 0 saturated heterocycles. The number of rotatable bonds is 2. The zero-order valence-electron chi connectivity index (χ0n) is 8.16. The molecule has 1 aromatic carbocycles. The zero-order chi connectivity index (χ0) is 9.84. The van der Waals surface area contributed by atoms with Crippen LogP contribution in [0.4, 0.5) is 5.69 Å². The van der Waals surface area contributed by atoms with Gasteiger partial charge in [-0.1, -0.05) is 17.7 Å². The molecular weight excluding hydrogens is 164 g/mol. The normalized spacial score (nSPS) is 9.46. The Morgan fingerprint density at radius 3 is 2.31 bits per heavy atom. The van der Waals surface area contributed by atoms with E-state index in [2.05, 4.69) is 5.43 Å². The Morgan fingerprint density at radius 1 is 1.31 bits per heavy atom. The average Bonchev–Trinajstić information content (AvgIpc) is 2.08. The molecule has 0 aliphatic heterocycles. The van der Waals surface area contributed by atoms with E-state index in [1.165, 1.54) is 17.5 Å².